The summed E-state index contributed by atoms with van der Waals surface area (Å²) in [4.78, 5) is 35.5. The minimum Gasteiger partial charge on any atom is -0.332 e. The molecule has 5 nitrogen and oxygen atoms in total. The molecule has 4 rings (SSSR count). The van der Waals surface area contributed by atoms with Crippen molar-refractivity contribution >= 4 is 5.91 Å². The molecule has 1 N–H and O–H groups in total. The van der Waals surface area contributed by atoms with Crippen LogP contribution in [0.3, 0.4) is 0 Å². The standard InChI is InChI=1S/C23H27N3O2/c1-16-19(15-17-9-4-2-5-10-17)22(27)25-21(24-16)20-13-8-14-26(20)23(28)18-11-6-3-7-12-18/h2-6,9-10,18,20H,7-8,11-15H2,1H3,(H,24,25,27)/t18-,20+/m0/s1. The van der Waals surface area contributed by atoms with E-state index in [9.17, 15) is 9.59 Å². The summed E-state index contributed by atoms with van der Waals surface area (Å²) in [5.74, 6) is 0.910. The van der Waals surface area contributed by atoms with Gasteiger partial charge in [0.05, 0.1) is 6.04 Å². The summed E-state index contributed by atoms with van der Waals surface area (Å²) in [5.41, 5.74) is 2.45. The molecule has 2 heterocycles. The largest absolute Gasteiger partial charge is 0.332 e. The Labute approximate surface area is 165 Å². The number of aryl methyl sites for hydroxylation is 1. The van der Waals surface area contributed by atoms with E-state index in [1.807, 2.05) is 42.2 Å². The summed E-state index contributed by atoms with van der Waals surface area (Å²) >= 11 is 0. The third-order valence-corrected chi connectivity index (χ3v) is 5.93. The van der Waals surface area contributed by atoms with Crippen molar-refractivity contribution in [3.63, 3.8) is 0 Å². The Morgan fingerprint density at radius 3 is 2.75 bits per heavy atom. The van der Waals surface area contributed by atoms with E-state index in [1.165, 1.54) is 0 Å². The van der Waals surface area contributed by atoms with Crippen LogP contribution in [-0.2, 0) is 11.2 Å². The highest BCUT2D eigenvalue weighted by Gasteiger charge is 2.35. The molecule has 1 aromatic carbocycles. The highest BCUT2D eigenvalue weighted by atomic mass is 16.2. The molecule has 1 amide bonds. The normalized spacial score (nSPS) is 21.8. The van der Waals surface area contributed by atoms with Crippen molar-refractivity contribution in [1.82, 2.24) is 14.9 Å². The molecular formula is C23H27N3O2. The van der Waals surface area contributed by atoms with E-state index in [0.717, 1.165) is 49.9 Å². The molecule has 0 spiro atoms. The molecule has 5 heteroatoms. The fourth-order valence-corrected chi connectivity index (χ4v) is 4.37. The second kappa shape index (κ2) is 8.13. The van der Waals surface area contributed by atoms with Gasteiger partial charge in [-0.3, -0.25) is 9.59 Å². The summed E-state index contributed by atoms with van der Waals surface area (Å²) in [6.07, 6.45) is 9.34. The summed E-state index contributed by atoms with van der Waals surface area (Å²) in [6.45, 7) is 2.64. The van der Waals surface area contributed by atoms with Crippen LogP contribution in [0.2, 0.25) is 0 Å². The predicted molar refractivity (Wildman–Crippen MR) is 109 cm³/mol. The van der Waals surface area contributed by atoms with Crippen molar-refractivity contribution in [1.29, 1.82) is 0 Å². The molecule has 2 atom stereocenters. The van der Waals surface area contributed by atoms with Gasteiger partial charge in [-0.25, -0.2) is 4.98 Å². The molecule has 2 aliphatic rings. The number of hydrogen-bond donors (Lipinski definition) is 1. The molecule has 1 aliphatic carbocycles. The number of H-pyrrole nitrogens is 1. The maximum Gasteiger partial charge on any atom is 0.254 e. The minimum absolute atomic E-state index is 0.0655. The van der Waals surface area contributed by atoms with E-state index >= 15 is 0 Å². The van der Waals surface area contributed by atoms with Crippen LogP contribution in [0, 0.1) is 12.8 Å². The average Bonchev–Trinajstić information content (AvgIpc) is 3.21. The maximum atomic E-state index is 13.0. The maximum absolute atomic E-state index is 13.0. The van der Waals surface area contributed by atoms with Gasteiger partial charge in [0.15, 0.2) is 0 Å². The van der Waals surface area contributed by atoms with Gasteiger partial charge in [-0.1, -0.05) is 42.5 Å². The second-order valence-electron chi connectivity index (χ2n) is 7.85. The number of carbonyl (C=O) groups excluding carboxylic acids is 1. The second-order valence-corrected chi connectivity index (χ2v) is 7.85. The van der Waals surface area contributed by atoms with E-state index in [2.05, 4.69) is 17.1 Å². The zero-order valence-corrected chi connectivity index (χ0v) is 16.4. The topological polar surface area (TPSA) is 66.1 Å². The number of rotatable bonds is 4. The first-order valence-corrected chi connectivity index (χ1v) is 10.2. The number of aromatic nitrogens is 2. The van der Waals surface area contributed by atoms with Crippen LogP contribution in [0.1, 0.15) is 60.8 Å². The van der Waals surface area contributed by atoms with E-state index in [1.54, 1.807) is 0 Å². The van der Waals surface area contributed by atoms with Crippen LogP contribution >= 0.6 is 0 Å². The first kappa shape index (κ1) is 18.7. The number of carbonyl (C=O) groups is 1. The third-order valence-electron chi connectivity index (χ3n) is 5.93. The number of nitrogens with one attached hydrogen (secondary N) is 1. The van der Waals surface area contributed by atoms with Crippen molar-refractivity contribution in [2.45, 2.75) is 51.5 Å². The van der Waals surface area contributed by atoms with E-state index < -0.39 is 0 Å². The molecule has 0 radical (unpaired) electrons. The smallest absolute Gasteiger partial charge is 0.254 e. The van der Waals surface area contributed by atoms with Crippen LogP contribution in [0.5, 0.6) is 0 Å². The van der Waals surface area contributed by atoms with Gasteiger partial charge in [-0.05, 0) is 44.6 Å². The highest BCUT2D eigenvalue weighted by Crippen LogP contribution is 2.33. The Morgan fingerprint density at radius 2 is 2.04 bits per heavy atom. The minimum atomic E-state index is -0.115. The lowest BCUT2D eigenvalue weighted by molar-refractivity contribution is -0.136. The lowest BCUT2D eigenvalue weighted by Gasteiger charge is -2.29. The average molecular weight is 377 g/mol. The fraction of sp³-hybridized carbons (Fsp3) is 0.435. The van der Waals surface area contributed by atoms with Gasteiger partial charge in [0, 0.05) is 30.1 Å². The van der Waals surface area contributed by atoms with E-state index in [-0.39, 0.29) is 23.4 Å². The molecule has 0 unspecified atom stereocenters. The zero-order valence-electron chi connectivity index (χ0n) is 16.4. The van der Waals surface area contributed by atoms with Crippen molar-refractivity contribution in [3.05, 3.63) is 75.5 Å². The number of amides is 1. The Kier molecular flexibility index (Phi) is 5.42. The van der Waals surface area contributed by atoms with E-state index in [4.69, 9.17) is 4.98 Å². The van der Waals surface area contributed by atoms with Gasteiger partial charge < -0.3 is 9.88 Å². The van der Waals surface area contributed by atoms with Crippen LogP contribution < -0.4 is 5.56 Å². The van der Waals surface area contributed by atoms with Gasteiger partial charge in [-0.2, -0.15) is 0 Å². The number of aromatic amines is 1. The summed E-state index contributed by atoms with van der Waals surface area (Å²) in [5, 5.41) is 0. The molecule has 1 fully saturated rings. The third kappa shape index (κ3) is 3.79. The Bertz CT molecular complexity index is 933. The van der Waals surface area contributed by atoms with Crippen LogP contribution in [0.25, 0.3) is 0 Å². The van der Waals surface area contributed by atoms with Crippen molar-refractivity contribution in [2.24, 2.45) is 5.92 Å². The molecule has 1 saturated heterocycles. The Hall–Kier alpha value is -2.69. The summed E-state index contributed by atoms with van der Waals surface area (Å²) in [7, 11) is 0. The number of benzene rings is 1. The molecule has 2 aromatic rings. The van der Waals surface area contributed by atoms with Gasteiger partial charge in [0.1, 0.15) is 5.82 Å². The molecule has 28 heavy (non-hydrogen) atoms. The van der Waals surface area contributed by atoms with Crippen LogP contribution in [-0.4, -0.2) is 27.3 Å². The van der Waals surface area contributed by atoms with Crippen molar-refractivity contribution in [2.75, 3.05) is 6.54 Å². The van der Waals surface area contributed by atoms with Crippen LogP contribution in [0.4, 0.5) is 0 Å². The number of allylic oxidation sites excluding steroid dienone is 2. The lowest BCUT2D eigenvalue weighted by atomic mass is 9.93. The highest BCUT2D eigenvalue weighted by molar-refractivity contribution is 5.80. The number of likely N-dealkylation sites (tertiary alicyclic amines) is 1. The van der Waals surface area contributed by atoms with Crippen molar-refractivity contribution < 1.29 is 4.79 Å². The van der Waals surface area contributed by atoms with Gasteiger partial charge in [-0.15, -0.1) is 0 Å². The molecule has 1 aliphatic heterocycles. The first-order chi connectivity index (χ1) is 13.6. The quantitative estimate of drug-likeness (QED) is 0.827. The fourth-order valence-electron chi connectivity index (χ4n) is 4.37. The predicted octanol–water partition coefficient (Wildman–Crippen LogP) is 3.69. The Balaban J connectivity index is 1.57. The SMILES string of the molecule is Cc1nc([C@H]2CCCN2C(=O)[C@H]2CC=CCC2)[nH]c(=O)c1Cc1ccccc1. The monoisotopic (exact) mass is 377 g/mol. The van der Waals surface area contributed by atoms with E-state index in [0.29, 0.717) is 17.8 Å². The van der Waals surface area contributed by atoms with Gasteiger partial charge in [0.2, 0.25) is 5.91 Å². The molecule has 0 saturated carbocycles. The molecule has 1 aromatic heterocycles. The van der Waals surface area contributed by atoms with Gasteiger partial charge >= 0.3 is 0 Å². The zero-order chi connectivity index (χ0) is 19.5. The van der Waals surface area contributed by atoms with Gasteiger partial charge in [0.25, 0.3) is 5.56 Å². The van der Waals surface area contributed by atoms with Crippen molar-refractivity contribution in [3.8, 4) is 0 Å². The lowest BCUT2D eigenvalue weighted by Crippen LogP contribution is -2.37. The Morgan fingerprint density at radius 1 is 1.21 bits per heavy atom. The first-order valence-electron chi connectivity index (χ1n) is 10.2. The summed E-state index contributed by atoms with van der Waals surface area (Å²) < 4.78 is 0. The molecule has 0 bridgehead atoms. The molecular weight excluding hydrogens is 350 g/mol. The van der Waals surface area contributed by atoms with Crippen LogP contribution in [0.15, 0.2) is 47.3 Å². The number of nitrogens with zero attached hydrogens (tertiary/aromatic N) is 2. The number of hydrogen-bond acceptors (Lipinski definition) is 3. The molecule has 146 valence electrons. The summed E-state index contributed by atoms with van der Waals surface area (Å²) in [6, 6.07) is 9.84.